The highest BCUT2D eigenvalue weighted by Crippen LogP contribution is 2.22. The van der Waals surface area contributed by atoms with Gasteiger partial charge in [-0.05, 0) is 18.8 Å². The summed E-state index contributed by atoms with van der Waals surface area (Å²) in [5.41, 5.74) is 0. The van der Waals surface area contributed by atoms with Gasteiger partial charge in [0.05, 0.1) is 0 Å². The second-order valence-electron chi connectivity index (χ2n) is 6.33. The Hall–Kier alpha value is -1.06. The second kappa shape index (κ2) is 13.6. The van der Waals surface area contributed by atoms with Gasteiger partial charge in [-0.2, -0.15) is 0 Å². The average Bonchev–Trinajstić information content (AvgIpc) is 2.46. The molecule has 1 amide bonds. The smallest absolute Gasteiger partial charge is 0.326 e. The molecular weight excluding hydrogens is 278 g/mol. The van der Waals surface area contributed by atoms with Crippen LogP contribution in [0, 0.1) is 5.92 Å². The third-order valence-corrected chi connectivity index (χ3v) is 4.20. The fraction of sp³-hybridized carbons (Fsp3) is 0.889. The molecule has 2 atom stereocenters. The Balaban J connectivity index is 4.44. The quantitative estimate of drug-likeness (QED) is 0.463. The highest BCUT2D eigenvalue weighted by atomic mass is 16.4. The van der Waals surface area contributed by atoms with Crippen LogP contribution in [0.5, 0.6) is 0 Å². The number of aliphatic carboxylic acids is 1. The zero-order valence-electron chi connectivity index (χ0n) is 14.7. The predicted molar refractivity (Wildman–Crippen MR) is 90.9 cm³/mol. The van der Waals surface area contributed by atoms with Crippen molar-refractivity contribution in [3.8, 4) is 0 Å². The molecular formula is C18H35NO3. The van der Waals surface area contributed by atoms with E-state index in [0.717, 1.165) is 38.5 Å². The van der Waals surface area contributed by atoms with Crippen molar-refractivity contribution in [3.63, 3.8) is 0 Å². The summed E-state index contributed by atoms with van der Waals surface area (Å²) in [6.07, 6.45) is 12.3. The summed E-state index contributed by atoms with van der Waals surface area (Å²) >= 11 is 0. The molecule has 22 heavy (non-hydrogen) atoms. The Bertz CT molecular complexity index is 305. The number of carboxylic acids is 1. The molecule has 0 aromatic rings. The van der Waals surface area contributed by atoms with Crippen LogP contribution in [-0.2, 0) is 9.59 Å². The van der Waals surface area contributed by atoms with Crippen LogP contribution in [0.2, 0.25) is 0 Å². The van der Waals surface area contributed by atoms with Crippen LogP contribution in [0.3, 0.4) is 0 Å². The fourth-order valence-electron chi connectivity index (χ4n) is 2.92. The molecule has 0 fully saturated rings. The van der Waals surface area contributed by atoms with Gasteiger partial charge in [0.25, 0.3) is 0 Å². The molecule has 0 bridgehead atoms. The summed E-state index contributed by atoms with van der Waals surface area (Å²) in [7, 11) is 0. The molecule has 0 saturated carbocycles. The van der Waals surface area contributed by atoms with Gasteiger partial charge in [-0.3, -0.25) is 4.79 Å². The van der Waals surface area contributed by atoms with E-state index in [1.54, 1.807) is 0 Å². The molecule has 0 aromatic heterocycles. The first-order valence-corrected chi connectivity index (χ1v) is 9.02. The van der Waals surface area contributed by atoms with Gasteiger partial charge in [0.15, 0.2) is 0 Å². The highest BCUT2D eigenvalue weighted by molar-refractivity contribution is 5.82. The number of carboxylic acid groups (broad SMARTS) is 1. The van der Waals surface area contributed by atoms with Crippen LogP contribution < -0.4 is 5.32 Å². The van der Waals surface area contributed by atoms with Crippen molar-refractivity contribution in [1.29, 1.82) is 0 Å². The lowest BCUT2D eigenvalue weighted by atomic mass is 9.88. The molecule has 0 heterocycles. The molecule has 0 spiro atoms. The van der Waals surface area contributed by atoms with Crippen LogP contribution in [0.4, 0.5) is 0 Å². The molecule has 0 aromatic carbocycles. The molecule has 0 aliphatic heterocycles. The molecule has 130 valence electrons. The minimum absolute atomic E-state index is 0.0554. The monoisotopic (exact) mass is 313 g/mol. The third-order valence-electron chi connectivity index (χ3n) is 4.20. The number of carbonyl (C=O) groups is 2. The second-order valence-corrected chi connectivity index (χ2v) is 6.33. The SMILES string of the molecule is CCCCCCCC(CCCCCC)[C@H](NC(C)=O)C(=O)O. The lowest BCUT2D eigenvalue weighted by Gasteiger charge is -2.24. The highest BCUT2D eigenvalue weighted by Gasteiger charge is 2.28. The number of carbonyl (C=O) groups excluding carboxylic acids is 1. The van der Waals surface area contributed by atoms with Crippen molar-refractivity contribution in [1.82, 2.24) is 5.32 Å². The average molecular weight is 313 g/mol. The minimum Gasteiger partial charge on any atom is -0.480 e. The Morgan fingerprint density at radius 2 is 1.32 bits per heavy atom. The summed E-state index contributed by atoms with van der Waals surface area (Å²) in [6, 6.07) is -0.731. The van der Waals surface area contributed by atoms with E-state index in [2.05, 4.69) is 19.2 Å². The van der Waals surface area contributed by atoms with Gasteiger partial charge in [0.2, 0.25) is 5.91 Å². The normalized spacial score (nSPS) is 13.6. The van der Waals surface area contributed by atoms with Gasteiger partial charge in [-0.15, -0.1) is 0 Å². The van der Waals surface area contributed by atoms with Gasteiger partial charge in [0.1, 0.15) is 6.04 Å². The van der Waals surface area contributed by atoms with Crippen molar-refractivity contribution < 1.29 is 14.7 Å². The molecule has 0 aliphatic carbocycles. The molecule has 0 saturated heterocycles. The van der Waals surface area contributed by atoms with E-state index in [4.69, 9.17) is 0 Å². The van der Waals surface area contributed by atoms with Crippen molar-refractivity contribution in [3.05, 3.63) is 0 Å². The van der Waals surface area contributed by atoms with E-state index in [1.807, 2.05) is 0 Å². The first kappa shape index (κ1) is 20.9. The number of amides is 1. The summed E-state index contributed by atoms with van der Waals surface area (Å²) < 4.78 is 0. The molecule has 4 nitrogen and oxygen atoms in total. The molecule has 0 rings (SSSR count). The largest absolute Gasteiger partial charge is 0.480 e. The molecule has 4 heteroatoms. The van der Waals surface area contributed by atoms with Gasteiger partial charge >= 0.3 is 5.97 Å². The van der Waals surface area contributed by atoms with Crippen LogP contribution in [-0.4, -0.2) is 23.0 Å². The van der Waals surface area contributed by atoms with E-state index in [9.17, 15) is 14.7 Å². The lowest BCUT2D eigenvalue weighted by Crippen LogP contribution is -2.45. The van der Waals surface area contributed by atoms with E-state index < -0.39 is 12.0 Å². The van der Waals surface area contributed by atoms with Crippen LogP contribution in [0.15, 0.2) is 0 Å². The zero-order chi connectivity index (χ0) is 16.8. The third kappa shape index (κ3) is 10.6. The van der Waals surface area contributed by atoms with E-state index in [1.165, 1.54) is 39.0 Å². The Labute approximate surface area is 136 Å². The fourth-order valence-corrected chi connectivity index (χ4v) is 2.92. The van der Waals surface area contributed by atoms with Crippen LogP contribution in [0.25, 0.3) is 0 Å². The first-order chi connectivity index (χ1) is 10.5. The Morgan fingerprint density at radius 3 is 1.73 bits per heavy atom. The maximum absolute atomic E-state index is 11.5. The maximum atomic E-state index is 11.5. The van der Waals surface area contributed by atoms with Crippen LogP contribution >= 0.6 is 0 Å². The first-order valence-electron chi connectivity index (χ1n) is 9.02. The van der Waals surface area contributed by atoms with E-state index in [0.29, 0.717) is 0 Å². The number of rotatable bonds is 14. The van der Waals surface area contributed by atoms with Crippen molar-refractivity contribution in [2.45, 2.75) is 97.4 Å². The van der Waals surface area contributed by atoms with Gasteiger partial charge in [0, 0.05) is 6.92 Å². The van der Waals surface area contributed by atoms with Crippen molar-refractivity contribution in [2.24, 2.45) is 5.92 Å². The van der Waals surface area contributed by atoms with Crippen molar-refractivity contribution >= 4 is 11.9 Å². The van der Waals surface area contributed by atoms with Gasteiger partial charge in [-0.25, -0.2) is 4.79 Å². The Kier molecular flexibility index (Phi) is 12.9. The molecule has 0 radical (unpaired) electrons. The zero-order valence-corrected chi connectivity index (χ0v) is 14.7. The predicted octanol–water partition coefficient (Wildman–Crippen LogP) is 4.52. The summed E-state index contributed by atoms with van der Waals surface area (Å²) in [6.45, 7) is 5.75. The molecule has 2 N–H and O–H groups in total. The Morgan fingerprint density at radius 1 is 0.864 bits per heavy atom. The number of hydrogen-bond donors (Lipinski definition) is 2. The summed E-state index contributed by atoms with van der Waals surface area (Å²) in [4.78, 5) is 22.8. The van der Waals surface area contributed by atoms with Gasteiger partial charge in [-0.1, -0.05) is 71.6 Å². The van der Waals surface area contributed by atoms with E-state index >= 15 is 0 Å². The topological polar surface area (TPSA) is 66.4 Å². The number of nitrogens with one attached hydrogen (secondary N) is 1. The van der Waals surface area contributed by atoms with Crippen LogP contribution in [0.1, 0.15) is 91.4 Å². The lowest BCUT2D eigenvalue weighted by molar-refractivity contribution is -0.143. The minimum atomic E-state index is -0.899. The summed E-state index contributed by atoms with van der Waals surface area (Å²) in [5, 5.41) is 12.1. The van der Waals surface area contributed by atoms with E-state index in [-0.39, 0.29) is 11.8 Å². The molecule has 0 aliphatic rings. The number of hydrogen-bond acceptors (Lipinski definition) is 2. The summed E-state index contributed by atoms with van der Waals surface area (Å²) in [5.74, 6) is -1.10. The van der Waals surface area contributed by atoms with Crippen molar-refractivity contribution in [2.75, 3.05) is 0 Å². The maximum Gasteiger partial charge on any atom is 0.326 e. The van der Waals surface area contributed by atoms with Gasteiger partial charge < -0.3 is 10.4 Å². The number of unbranched alkanes of at least 4 members (excludes halogenated alkanes) is 7. The standard InChI is InChI=1S/C18H35NO3/c1-4-6-8-10-12-14-16(13-11-9-7-5-2)17(18(21)22)19-15(3)20/h16-17H,4-14H2,1-3H3,(H,19,20)(H,21,22)/t16?,17-/m0/s1. The molecule has 1 unspecified atom stereocenters.